The molecule has 0 saturated carbocycles. The first kappa shape index (κ1) is 12.5. The normalized spacial score (nSPS) is 20.6. The summed E-state index contributed by atoms with van der Waals surface area (Å²) in [5, 5.41) is 10.1. The predicted molar refractivity (Wildman–Crippen MR) is 62.5 cm³/mol. The summed E-state index contributed by atoms with van der Waals surface area (Å²) >= 11 is 0. The topological polar surface area (TPSA) is 72.1 Å². The predicted octanol–water partition coefficient (Wildman–Crippen LogP) is 0.478. The largest absolute Gasteiger partial charge is 0.349 e. The van der Waals surface area contributed by atoms with Crippen LogP contribution in [0.4, 0.5) is 0 Å². The van der Waals surface area contributed by atoms with Gasteiger partial charge in [0.25, 0.3) is 0 Å². The van der Waals surface area contributed by atoms with Gasteiger partial charge in [-0.1, -0.05) is 0 Å². The molecule has 1 aromatic heterocycles. The molecule has 0 aliphatic carbocycles. The van der Waals surface area contributed by atoms with E-state index in [4.69, 9.17) is 9.47 Å². The second-order valence-electron chi connectivity index (χ2n) is 4.71. The third-order valence-electron chi connectivity index (χ3n) is 2.75. The van der Waals surface area contributed by atoms with E-state index in [0.717, 1.165) is 25.2 Å². The van der Waals surface area contributed by atoms with Crippen molar-refractivity contribution in [3.05, 3.63) is 12.2 Å². The number of aromatic nitrogens is 3. The molecule has 1 aromatic rings. The standard InChI is InChI=1S/C11H20N4O2/c1-11(2)16-6-9(7-17-11)12-5-3-4-10-13-8-14-15-10/h8-9,12H,3-7H2,1-2H3,(H,13,14,15). The number of aromatic amines is 1. The number of hydrogen-bond donors (Lipinski definition) is 2. The van der Waals surface area contributed by atoms with E-state index in [1.165, 1.54) is 6.33 Å². The number of aryl methyl sites for hydroxylation is 1. The zero-order valence-corrected chi connectivity index (χ0v) is 10.4. The fourth-order valence-corrected chi connectivity index (χ4v) is 1.72. The Labute approximate surface area is 101 Å². The molecular formula is C11H20N4O2. The monoisotopic (exact) mass is 240 g/mol. The van der Waals surface area contributed by atoms with Crippen LogP contribution < -0.4 is 5.32 Å². The van der Waals surface area contributed by atoms with Gasteiger partial charge in [-0.3, -0.25) is 5.10 Å². The van der Waals surface area contributed by atoms with E-state index < -0.39 is 5.79 Å². The fraction of sp³-hybridized carbons (Fsp3) is 0.818. The van der Waals surface area contributed by atoms with Crippen molar-refractivity contribution in [2.75, 3.05) is 19.8 Å². The van der Waals surface area contributed by atoms with E-state index in [9.17, 15) is 0 Å². The van der Waals surface area contributed by atoms with Gasteiger partial charge in [0.1, 0.15) is 12.2 Å². The Morgan fingerprint density at radius 3 is 2.88 bits per heavy atom. The SMILES string of the molecule is CC1(C)OCC(NCCCc2ncn[nH]2)CO1. The van der Waals surface area contributed by atoms with Crippen LogP contribution in [0.15, 0.2) is 6.33 Å². The zero-order valence-electron chi connectivity index (χ0n) is 10.4. The van der Waals surface area contributed by atoms with Crippen LogP contribution in [-0.4, -0.2) is 46.8 Å². The summed E-state index contributed by atoms with van der Waals surface area (Å²) in [5.41, 5.74) is 0. The molecule has 0 spiro atoms. The molecule has 1 fully saturated rings. The van der Waals surface area contributed by atoms with Crippen LogP contribution in [0.2, 0.25) is 0 Å². The quantitative estimate of drug-likeness (QED) is 0.732. The smallest absolute Gasteiger partial charge is 0.162 e. The lowest BCUT2D eigenvalue weighted by Crippen LogP contribution is -2.48. The van der Waals surface area contributed by atoms with Gasteiger partial charge in [0.15, 0.2) is 5.79 Å². The highest BCUT2D eigenvalue weighted by Gasteiger charge is 2.27. The van der Waals surface area contributed by atoms with Crippen molar-refractivity contribution in [1.29, 1.82) is 0 Å². The second kappa shape index (κ2) is 5.57. The Morgan fingerprint density at radius 1 is 1.47 bits per heavy atom. The molecule has 17 heavy (non-hydrogen) atoms. The molecule has 0 unspecified atom stereocenters. The van der Waals surface area contributed by atoms with Gasteiger partial charge >= 0.3 is 0 Å². The summed E-state index contributed by atoms with van der Waals surface area (Å²) in [6.45, 7) is 6.21. The van der Waals surface area contributed by atoms with Crippen LogP contribution in [-0.2, 0) is 15.9 Å². The first-order valence-electron chi connectivity index (χ1n) is 6.01. The number of nitrogens with zero attached hydrogens (tertiary/aromatic N) is 2. The molecule has 0 atom stereocenters. The maximum atomic E-state index is 5.57. The number of ether oxygens (including phenoxy) is 2. The van der Waals surface area contributed by atoms with E-state index in [1.54, 1.807) is 0 Å². The summed E-state index contributed by atoms with van der Waals surface area (Å²) in [4.78, 5) is 4.08. The third-order valence-corrected chi connectivity index (χ3v) is 2.75. The Hall–Kier alpha value is -0.980. The lowest BCUT2D eigenvalue weighted by atomic mass is 10.2. The molecule has 0 radical (unpaired) electrons. The van der Waals surface area contributed by atoms with Crippen molar-refractivity contribution in [2.45, 2.75) is 38.5 Å². The molecule has 0 bridgehead atoms. The number of rotatable bonds is 5. The van der Waals surface area contributed by atoms with Gasteiger partial charge in [-0.15, -0.1) is 0 Å². The number of H-pyrrole nitrogens is 1. The van der Waals surface area contributed by atoms with Crippen molar-refractivity contribution in [3.8, 4) is 0 Å². The summed E-state index contributed by atoms with van der Waals surface area (Å²) in [6, 6.07) is 0.290. The highest BCUT2D eigenvalue weighted by Crippen LogP contribution is 2.16. The van der Waals surface area contributed by atoms with Gasteiger partial charge in [-0.25, -0.2) is 4.98 Å². The lowest BCUT2D eigenvalue weighted by molar-refractivity contribution is -0.252. The van der Waals surface area contributed by atoms with Gasteiger partial charge in [-0.2, -0.15) is 5.10 Å². The van der Waals surface area contributed by atoms with Crippen molar-refractivity contribution in [1.82, 2.24) is 20.5 Å². The Kier molecular flexibility index (Phi) is 4.09. The molecule has 6 heteroatoms. The van der Waals surface area contributed by atoms with Crippen LogP contribution in [0.25, 0.3) is 0 Å². The summed E-state index contributed by atoms with van der Waals surface area (Å²) in [5.74, 6) is 0.502. The highest BCUT2D eigenvalue weighted by atomic mass is 16.7. The van der Waals surface area contributed by atoms with Gasteiger partial charge < -0.3 is 14.8 Å². The molecule has 2 N–H and O–H groups in total. The second-order valence-corrected chi connectivity index (χ2v) is 4.71. The number of hydrogen-bond acceptors (Lipinski definition) is 5. The van der Waals surface area contributed by atoms with Crippen molar-refractivity contribution in [2.24, 2.45) is 0 Å². The molecule has 0 amide bonds. The van der Waals surface area contributed by atoms with E-state index in [2.05, 4.69) is 20.5 Å². The average molecular weight is 240 g/mol. The maximum Gasteiger partial charge on any atom is 0.162 e. The first-order chi connectivity index (χ1) is 8.16. The lowest BCUT2D eigenvalue weighted by Gasteiger charge is -2.35. The summed E-state index contributed by atoms with van der Waals surface area (Å²) in [7, 11) is 0. The molecule has 1 saturated heterocycles. The van der Waals surface area contributed by atoms with Crippen molar-refractivity contribution in [3.63, 3.8) is 0 Å². The highest BCUT2D eigenvalue weighted by molar-refractivity contribution is 4.80. The average Bonchev–Trinajstić information content (AvgIpc) is 2.79. The Bertz CT molecular complexity index is 316. The number of nitrogens with one attached hydrogen (secondary N) is 2. The molecule has 0 aromatic carbocycles. The van der Waals surface area contributed by atoms with E-state index in [-0.39, 0.29) is 6.04 Å². The minimum Gasteiger partial charge on any atom is -0.349 e. The zero-order chi connectivity index (χ0) is 12.1. The van der Waals surface area contributed by atoms with Gasteiger partial charge in [-0.05, 0) is 26.8 Å². The van der Waals surface area contributed by atoms with Gasteiger partial charge in [0.05, 0.1) is 19.3 Å². The van der Waals surface area contributed by atoms with Crippen LogP contribution >= 0.6 is 0 Å². The summed E-state index contributed by atoms with van der Waals surface area (Å²) in [6.07, 6.45) is 3.47. The van der Waals surface area contributed by atoms with Gasteiger partial charge in [0.2, 0.25) is 0 Å². The maximum absolute atomic E-state index is 5.57. The molecule has 1 aliphatic rings. The fourth-order valence-electron chi connectivity index (χ4n) is 1.72. The van der Waals surface area contributed by atoms with E-state index in [0.29, 0.717) is 13.2 Å². The Morgan fingerprint density at radius 2 is 2.24 bits per heavy atom. The molecule has 96 valence electrons. The van der Waals surface area contributed by atoms with Crippen LogP contribution in [0.3, 0.4) is 0 Å². The van der Waals surface area contributed by atoms with E-state index in [1.807, 2.05) is 13.8 Å². The van der Waals surface area contributed by atoms with Crippen LogP contribution in [0.1, 0.15) is 26.1 Å². The summed E-state index contributed by atoms with van der Waals surface area (Å²) < 4.78 is 11.1. The van der Waals surface area contributed by atoms with E-state index >= 15 is 0 Å². The molecule has 6 nitrogen and oxygen atoms in total. The third kappa shape index (κ3) is 4.07. The first-order valence-corrected chi connectivity index (χ1v) is 6.01. The van der Waals surface area contributed by atoms with Crippen LogP contribution in [0, 0.1) is 0 Å². The molecule has 1 aliphatic heterocycles. The minimum atomic E-state index is -0.433. The molecule has 2 rings (SSSR count). The Balaban J connectivity index is 1.57. The molecular weight excluding hydrogens is 220 g/mol. The van der Waals surface area contributed by atoms with Crippen molar-refractivity contribution >= 4 is 0 Å². The minimum absolute atomic E-state index is 0.290. The van der Waals surface area contributed by atoms with Crippen molar-refractivity contribution < 1.29 is 9.47 Å². The van der Waals surface area contributed by atoms with Crippen LogP contribution in [0.5, 0.6) is 0 Å². The van der Waals surface area contributed by atoms with Gasteiger partial charge in [0, 0.05) is 6.42 Å². The molecule has 2 heterocycles.